The number of esters is 1. The van der Waals surface area contributed by atoms with Crippen LogP contribution < -0.4 is 0 Å². The maximum Gasteiger partial charge on any atom is 0.359 e. The van der Waals surface area contributed by atoms with E-state index in [4.69, 9.17) is 9.15 Å². The second kappa shape index (κ2) is 7.55. The molecule has 0 saturated carbocycles. The highest BCUT2D eigenvalue weighted by Crippen LogP contribution is 2.16. The molecule has 0 spiro atoms. The zero-order chi connectivity index (χ0) is 19.5. The predicted molar refractivity (Wildman–Crippen MR) is 97.6 cm³/mol. The molecule has 0 aliphatic carbocycles. The fraction of sp³-hybridized carbons (Fsp3) is 0.263. The first-order valence-electron chi connectivity index (χ1n) is 8.84. The molecule has 0 unspecified atom stereocenters. The van der Waals surface area contributed by atoms with E-state index in [0.717, 1.165) is 5.52 Å². The van der Waals surface area contributed by atoms with Crippen molar-refractivity contribution in [1.82, 2.24) is 20.0 Å². The van der Waals surface area contributed by atoms with Crippen LogP contribution in [0.15, 0.2) is 47.1 Å². The van der Waals surface area contributed by atoms with Gasteiger partial charge in [-0.2, -0.15) is 5.10 Å². The van der Waals surface area contributed by atoms with E-state index in [1.54, 1.807) is 40.1 Å². The van der Waals surface area contributed by atoms with Gasteiger partial charge in [0.1, 0.15) is 0 Å². The van der Waals surface area contributed by atoms with Gasteiger partial charge in [-0.15, -0.1) is 0 Å². The van der Waals surface area contributed by atoms with Gasteiger partial charge in [-0.05, 0) is 18.2 Å². The van der Waals surface area contributed by atoms with Gasteiger partial charge in [0.25, 0.3) is 11.8 Å². The van der Waals surface area contributed by atoms with Crippen LogP contribution >= 0.6 is 0 Å². The molecule has 144 valence electrons. The number of nitrogens with zero attached hydrogens (tertiary/aromatic N) is 3. The number of hydrogen-bond donors (Lipinski definition) is 1. The minimum absolute atomic E-state index is 0.150. The quantitative estimate of drug-likeness (QED) is 0.681. The molecular weight excluding hydrogens is 364 g/mol. The van der Waals surface area contributed by atoms with Crippen LogP contribution in [0.5, 0.6) is 0 Å². The number of benzene rings is 1. The largest absolute Gasteiger partial charge is 0.459 e. The molecule has 1 aliphatic heterocycles. The maximum absolute atomic E-state index is 12.3. The third-order valence-corrected chi connectivity index (χ3v) is 4.64. The lowest BCUT2D eigenvalue weighted by Crippen LogP contribution is -2.51. The molecule has 2 aromatic heterocycles. The molecule has 4 rings (SSSR count). The summed E-state index contributed by atoms with van der Waals surface area (Å²) in [4.78, 5) is 40.0. The predicted octanol–water partition coefficient (Wildman–Crippen LogP) is 1.30. The van der Waals surface area contributed by atoms with Crippen molar-refractivity contribution >= 4 is 28.7 Å². The van der Waals surface area contributed by atoms with E-state index in [9.17, 15) is 14.4 Å². The van der Waals surface area contributed by atoms with Gasteiger partial charge >= 0.3 is 5.97 Å². The minimum atomic E-state index is -0.655. The van der Waals surface area contributed by atoms with Gasteiger partial charge in [0.2, 0.25) is 0 Å². The molecule has 2 amide bonds. The first-order chi connectivity index (χ1) is 13.6. The molecule has 0 radical (unpaired) electrons. The van der Waals surface area contributed by atoms with Crippen LogP contribution in [0.2, 0.25) is 0 Å². The number of rotatable bonds is 4. The Kier molecular flexibility index (Phi) is 4.79. The van der Waals surface area contributed by atoms with Crippen LogP contribution in [-0.2, 0) is 9.53 Å². The zero-order valence-corrected chi connectivity index (χ0v) is 15.0. The van der Waals surface area contributed by atoms with Crippen LogP contribution in [0, 0.1) is 0 Å². The van der Waals surface area contributed by atoms with Crippen LogP contribution in [0.4, 0.5) is 0 Å². The summed E-state index contributed by atoms with van der Waals surface area (Å²) in [5, 5.41) is 7.36. The number of ether oxygens (including phenoxy) is 1. The molecule has 1 fully saturated rings. The van der Waals surface area contributed by atoms with Crippen LogP contribution in [0.25, 0.3) is 10.9 Å². The zero-order valence-electron chi connectivity index (χ0n) is 15.0. The number of amides is 2. The Morgan fingerprint density at radius 2 is 1.79 bits per heavy atom. The summed E-state index contributed by atoms with van der Waals surface area (Å²) in [6.45, 7) is 1.15. The third kappa shape index (κ3) is 3.46. The van der Waals surface area contributed by atoms with Gasteiger partial charge in [-0.3, -0.25) is 14.7 Å². The Morgan fingerprint density at radius 3 is 2.54 bits per heavy atom. The Labute approximate surface area is 159 Å². The van der Waals surface area contributed by atoms with Gasteiger partial charge in [-0.25, -0.2) is 4.79 Å². The second-order valence-corrected chi connectivity index (χ2v) is 6.34. The van der Waals surface area contributed by atoms with Gasteiger partial charge in [0, 0.05) is 31.6 Å². The topological polar surface area (TPSA) is 109 Å². The fourth-order valence-electron chi connectivity index (χ4n) is 3.12. The summed E-state index contributed by atoms with van der Waals surface area (Å²) in [5.74, 6) is -0.885. The van der Waals surface area contributed by atoms with Crippen molar-refractivity contribution in [1.29, 1.82) is 0 Å². The van der Waals surface area contributed by atoms with E-state index in [2.05, 4.69) is 10.2 Å². The molecule has 1 aromatic carbocycles. The summed E-state index contributed by atoms with van der Waals surface area (Å²) >= 11 is 0. The lowest BCUT2D eigenvalue weighted by molar-refractivity contribution is -0.136. The Balaban J connectivity index is 1.29. The number of fused-ring (bicyclic) bond motifs is 1. The third-order valence-electron chi connectivity index (χ3n) is 4.64. The Hall–Kier alpha value is -3.62. The highest BCUT2D eigenvalue weighted by Gasteiger charge is 2.27. The van der Waals surface area contributed by atoms with E-state index in [0.29, 0.717) is 31.6 Å². The van der Waals surface area contributed by atoms with Gasteiger partial charge in [-0.1, -0.05) is 18.2 Å². The lowest BCUT2D eigenvalue weighted by atomic mass is 10.2. The minimum Gasteiger partial charge on any atom is -0.459 e. The Morgan fingerprint density at radius 1 is 1.04 bits per heavy atom. The van der Waals surface area contributed by atoms with E-state index >= 15 is 0 Å². The van der Waals surface area contributed by atoms with Gasteiger partial charge < -0.3 is 19.0 Å². The second-order valence-electron chi connectivity index (χ2n) is 6.34. The molecular formula is C19H18N4O5. The highest BCUT2D eigenvalue weighted by molar-refractivity contribution is 6.02. The summed E-state index contributed by atoms with van der Waals surface area (Å²) in [6, 6.07) is 10.4. The molecule has 0 atom stereocenters. The van der Waals surface area contributed by atoms with E-state index in [-0.39, 0.29) is 29.9 Å². The first kappa shape index (κ1) is 17.8. The standard InChI is InChI=1S/C19H18N4O5/c24-16(12-28-19(26)17-13-4-1-2-5-14(13)20-21-17)22-7-9-23(10-8-22)18(25)15-6-3-11-27-15/h1-6,11H,7-10,12H2,(H,20,21). The molecule has 3 heterocycles. The lowest BCUT2D eigenvalue weighted by Gasteiger charge is -2.34. The van der Waals surface area contributed by atoms with E-state index < -0.39 is 5.97 Å². The number of H-pyrrole nitrogens is 1. The molecule has 1 aliphatic rings. The molecule has 1 saturated heterocycles. The van der Waals surface area contributed by atoms with Gasteiger partial charge in [0.15, 0.2) is 18.1 Å². The number of aromatic nitrogens is 2. The number of furan rings is 1. The summed E-state index contributed by atoms with van der Waals surface area (Å²) < 4.78 is 10.3. The van der Waals surface area contributed by atoms with Crippen molar-refractivity contribution in [3.05, 3.63) is 54.1 Å². The fourth-order valence-corrected chi connectivity index (χ4v) is 3.12. The van der Waals surface area contributed by atoms with Crippen LogP contribution in [0.1, 0.15) is 21.0 Å². The van der Waals surface area contributed by atoms with Crippen molar-refractivity contribution in [2.24, 2.45) is 0 Å². The number of carbonyl (C=O) groups excluding carboxylic acids is 3. The van der Waals surface area contributed by atoms with Crippen molar-refractivity contribution in [2.75, 3.05) is 32.8 Å². The number of para-hydroxylation sites is 1. The van der Waals surface area contributed by atoms with Crippen molar-refractivity contribution in [3.63, 3.8) is 0 Å². The number of piperazine rings is 1. The SMILES string of the molecule is O=C(OCC(=O)N1CCN(C(=O)c2ccco2)CC1)c1n[nH]c2ccccc12. The summed E-state index contributed by atoms with van der Waals surface area (Å²) in [7, 11) is 0. The average Bonchev–Trinajstić information content (AvgIpc) is 3.41. The highest BCUT2D eigenvalue weighted by atomic mass is 16.5. The normalized spacial score (nSPS) is 14.3. The average molecular weight is 382 g/mol. The van der Waals surface area contributed by atoms with E-state index in [1.165, 1.54) is 6.26 Å². The summed E-state index contributed by atoms with van der Waals surface area (Å²) in [6.07, 6.45) is 1.45. The van der Waals surface area contributed by atoms with Gasteiger partial charge in [0.05, 0.1) is 11.8 Å². The monoisotopic (exact) mass is 382 g/mol. The number of nitrogens with one attached hydrogen (secondary N) is 1. The number of carbonyl (C=O) groups is 3. The summed E-state index contributed by atoms with van der Waals surface area (Å²) in [5.41, 5.74) is 0.871. The number of hydrogen-bond acceptors (Lipinski definition) is 6. The van der Waals surface area contributed by atoms with Crippen LogP contribution in [-0.4, -0.2) is 70.6 Å². The Bertz CT molecular complexity index is 1000. The first-order valence-corrected chi connectivity index (χ1v) is 8.84. The molecule has 9 heteroatoms. The molecule has 0 bridgehead atoms. The van der Waals surface area contributed by atoms with Crippen molar-refractivity contribution in [3.8, 4) is 0 Å². The molecule has 1 N–H and O–H groups in total. The molecule has 3 aromatic rings. The molecule has 9 nitrogen and oxygen atoms in total. The van der Waals surface area contributed by atoms with Crippen molar-refractivity contribution < 1.29 is 23.5 Å². The van der Waals surface area contributed by atoms with E-state index in [1.807, 2.05) is 6.07 Å². The number of aromatic amines is 1. The smallest absolute Gasteiger partial charge is 0.359 e. The van der Waals surface area contributed by atoms with Crippen LogP contribution in [0.3, 0.4) is 0 Å². The van der Waals surface area contributed by atoms with Crippen molar-refractivity contribution in [2.45, 2.75) is 0 Å². The molecule has 28 heavy (non-hydrogen) atoms. The maximum atomic E-state index is 12.3.